The molecule has 0 aliphatic carbocycles. The SMILES string of the molecule is COC(=O)Nc1ccc2c(c1)NC(=O)CCCCCC(N1CC[C@H](c3c(F)ccc(Cl)c3F)NC1=O)c1nc-2c(C#N)[nH]1. The highest BCUT2D eigenvalue weighted by molar-refractivity contribution is 6.30. The minimum absolute atomic E-state index is 0.111. The Bertz CT molecular complexity index is 1620. The van der Waals surface area contributed by atoms with Crippen molar-refractivity contribution in [3.05, 3.63) is 64.1 Å². The summed E-state index contributed by atoms with van der Waals surface area (Å²) in [5, 5.41) is 17.9. The van der Waals surface area contributed by atoms with Gasteiger partial charge in [0.15, 0.2) is 0 Å². The van der Waals surface area contributed by atoms with Crippen molar-refractivity contribution in [3.63, 3.8) is 0 Å². The molecule has 3 aromatic rings. The van der Waals surface area contributed by atoms with Gasteiger partial charge in [-0.1, -0.05) is 24.4 Å². The number of imidazole rings is 1. The molecule has 0 spiro atoms. The van der Waals surface area contributed by atoms with Crippen LogP contribution in [0.4, 0.5) is 29.7 Å². The second-order valence-corrected chi connectivity index (χ2v) is 10.6. The molecule has 1 saturated heterocycles. The number of anilines is 2. The standard InChI is InChI=1S/C29H28ClF2N7O4/c1-43-29(42)34-15-7-8-16-20(13-15)35-23(40)6-4-2-3-5-22(27-36-21(14-33)26(16)38-27)39-12-11-19(37-28(39)41)24-18(31)10-9-17(30)25(24)32/h7-10,13,19,22H,2-6,11-12H2,1H3,(H,34,42)(H,35,40)(H,36,38)(H,37,41)/t19-,22?/m1/s1. The topological polar surface area (TPSA) is 152 Å². The van der Waals surface area contributed by atoms with Gasteiger partial charge in [0.25, 0.3) is 0 Å². The van der Waals surface area contributed by atoms with Crippen LogP contribution in [0.25, 0.3) is 11.3 Å². The van der Waals surface area contributed by atoms with Crippen molar-refractivity contribution < 1.29 is 27.9 Å². The molecule has 2 atom stereocenters. The number of nitriles is 1. The van der Waals surface area contributed by atoms with E-state index < -0.39 is 35.8 Å². The Hall–Kier alpha value is -4.70. The Balaban J connectivity index is 1.50. The molecule has 2 aliphatic heterocycles. The molecule has 5 rings (SSSR count). The minimum atomic E-state index is -0.921. The van der Waals surface area contributed by atoms with E-state index in [4.69, 9.17) is 16.6 Å². The zero-order valence-corrected chi connectivity index (χ0v) is 23.9. The lowest BCUT2D eigenvalue weighted by Crippen LogP contribution is -2.50. The molecule has 2 aliphatic rings. The number of halogens is 3. The van der Waals surface area contributed by atoms with Gasteiger partial charge in [-0.05, 0) is 49.6 Å². The molecule has 224 valence electrons. The summed E-state index contributed by atoms with van der Waals surface area (Å²) in [5.41, 5.74) is 1.18. The van der Waals surface area contributed by atoms with Gasteiger partial charge in [-0.15, -0.1) is 0 Å². The summed E-state index contributed by atoms with van der Waals surface area (Å²) in [7, 11) is 1.23. The van der Waals surface area contributed by atoms with Crippen LogP contribution in [0.5, 0.6) is 0 Å². The van der Waals surface area contributed by atoms with Crippen LogP contribution in [0.1, 0.15) is 67.7 Å². The van der Waals surface area contributed by atoms with Crippen LogP contribution in [0, 0.1) is 23.0 Å². The highest BCUT2D eigenvalue weighted by atomic mass is 35.5. The van der Waals surface area contributed by atoms with E-state index in [1.807, 2.05) is 0 Å². The summed E-state index contributed by atoms with van der Waals surface area (Å²) >= 11 is 5.87. The number of nitrogens with one attached hydrogen (secondary N) is 4. The highest BCUT2D eigenvalue weighted by Gasteiger charge is 2.36. The fourth-order valence-corrected chi connectivity index (χ4v) is 5.59. The summed E-state index contributed by atoms with van der Waals surface area (Å²) in [6.07, 6.45) is 2.11. The molecular formula is C29H28ClF2N7O4. The van der Waals surface area contributed by atoms with E-state index in [0.717, 1.165) is 12.1 Å². The van der Waals surface area contributed by atoms with E-state index in [-0.39, 0.29) is 47.3 Å². The fourth-order valence-electron chi connectivity index (χ4n) is 5.43. The van der Waals surface area contributed by atoms with E-state index >= 15 is 0 Å². The van der Waals surface area contributed by atoms with Gasteiger partial charge in [0.1, 0.15) is 34.9 Å². The van der Waals surface area contributed by atoms with Gasteiger partial charge in [0.2, 0.25) is 5.91 Å². The Labute approximate surface area is 250 Å². The van der Waals surface area contributed by atoms with Crippen LogP contribution >= 0.6 is 11.6 Å². The maximum atomic E-state index is 14.7. The molecule has 14 heteroatoms. The predicted octanol–water partition coefficient (Wildman–Crippen LogP) is 6.16. The Kier molecular flexibility index (Phi) is 8.77. The first-order valence-corrected chi connectivity index (χ1v) is 14.1. The Morgan fingerprint density at radius 3 is 2.74 bits per heavy atom. The molecule has 43 heavy (non-hydrogen) atoms. The first kappa shape index (κ1) is 29.8. The van der Waals surface area contributed by atoms with E-state index in [1.54, 1.807) is 18.2 Å². The van der Waals surface area contributed by atoms with Crippen molar-refractivity contribution in [1.82, 2.24) is 20.2 Å². The molecular weight excluding hydrogens is 584 g/mol. The summed E-state index contributed by atoms with van der Waals surface area (Å²) in [6, 6.07) is 6.97. The number of carbonyl (C=O) groups is 3. The lowest BCUT2D eigenvalue weighted by atomic mass is 9.98. The van der Waals surface area contributed by atoms with Crippen molar-refractivity contribution in [1.29, 1.82) is 5.26 Å². The van der Waals surface area contributed by atoms with Gasteiger partial charge in [-0.25, -0.2) is 23.4 Å². The van der Waals surface area contributed by atoms with Crippen molar-refractivity contribution in [2.45, 2.75) is 50.6 Å². The van der Waals surface area contributed by atoms with Crippen LogP contribution in [-0.4, -0.2) is 46.6 Å². The third kappa shape index (κ3) is 6.24. The maximum absolute atomic E-state index is 14.7. The average Bonchev–Trinajstić information content (AvgIpc) is 3.41. The second kappa shape index (κ2) is 12.7. The number of nitrogens with zero attached hydrogens (tertiary/aromatic N) is 3. The van der Waals surface area contributed by atoms with Gasteiger partial charge in [-0.3, -0.25) is 10.1 Å². The monoisotopic (exact) mass is 611 g/mol. The molecule has 1 aromatic heterocycles. The van der Waals surface area contributed by atoms with E-state index in [1.165, 1.54) is 12.0 Å². The lowest BCUT2D eigenvalue weighted by molar-refractivity contribution is -0.116. The quantitative estimate of drug-likeness (QED) is 0.260. The minimum Gasteiger partial charge on any atom is -0.453 e. The zero-order valence-electron chi connectivity index (χ0n) is 23.1. The van der Waals surface area contributed by atoms with Crippen LogP contribution in [0.2, 0.25) is 5.02 Å². The lowest BCUT2D eigenvalue weighted by Gasteiger charge is -2.37. The summed E-state index contributed by atoms with van der Waals surface area (Å²) in [5.74, 6) is -1.61. The molecule has 2 aromatic carbocycles. The van der Waals surface area contributed by atoms with Crippen molar-refractivity contribution >= 4 is 41.0 Å². The summed E-state index contributed by atoms with van der Waals surface area (Å²) in [4.78, 5) is 47.3. The van der Waals surface area contributed by atoms with Gasteiger partial charge in [0, 0.05) is 29.8 Å². The number of hydrogen-bond donors (Lipinski definition) is 4. The number of carbonyl (C=O) groups excluding carboxylic acids is 3. The zero-order chi connectivity index (χ0) is 30.7. The van der Waals surface area contributed by atoms with E-state index in [0.29, 0.717) is 48.4 Å². The molecule has 11 nitrogen and oxygen atoms in total. The van der Waals surface area contributed by atoms with Crippen molar-refractivity contribution in [3.8, 4) is 17.3 Å². The molecule has 4 amide bonds. The largest absolute Gasteiger partial charge is 0.453 e. The average molecular weight is 612 g/mol. The summed E-state index contributed by atoms with van der Waals surface area (Å²) in [6.45, 7) is 0.156. The number of hydrogen-bond acceptors (Lipinski definition) is 6. The van der Waals surface area contributed by atoms with Crippen molar-refractivity contribution in [2.75, 3.05) is 24.3 Å². The first-order valence-electron chi connectivity index (χ1n) is 13.7. The van der Waals surface area contributed by atoms with E-state index in [2.05, 4.69) is 31.7 Å². The van der Waals surface area contributed by atoms with Crippen molar-refractivity contribution in [2.24, 2.45) is 0 Å². The number of H-pyrrole nitrogens is 1. The number of amides is 4. The number of benzene rings is 2. The predicted molar refractivity (Wildman–Crippen MR) is 153 cm³/mol. The number of fused-ring (bicyclic) bond motifs is 4. The van der Waals surface area contributed by atoms with Crippen LogP contribution in [0.15, 0.2) is 30.3 Å². The number of aromatic amines is 1. The third-order valence-corrected chi connectivity index (χ3v) is 7.82. The summed E-state index contributed by atoms with van der Waals surface area (Å²) < 4.78 is 33.9. The number of methoxy groups -OCH3 is 1. The second-order valence-electron chi connectivity index (χ2n) is 10.2. The Morgan fingerprint density at radius 2 is 2.00 bits per heavy atom. The molecule has 1 unspecified atom stereocenters. The van der Waals surface area contributed by atoms with Gasteiger partial charge >= 0.3 is 12.1 Å². The van der Waals surface area contributed by atoms with Crippen LogP contribution in [-0.2, 0) is 9.53 Å². The number of rotatable bonds is 3. The molecule has 1 fully saturated rings. The van der Waals surface area contributed by atoms with Gasteiger partial charge in [-0.2, -0.15) is 5.26 Å². The van der Waals surface area contributed by atoms with E-state index in [9.17, 15) is 28.4 Å². The molecule has 4 N–H and O–H groups in total. The number of ether oxygens (including phenoxy) is 1. The fraction of sp³-hybridized carbons (Fsp3) is 0.345. The van der Waals surface area contributed by atoms with Crippen LogP contribution in [0.3, 0.4) is 0 Å². The van der Waals surface area contributed by atoms with Gasteiger partial charge < -0.3 is 25.3 Å². The van der Waals surface area contributed by atoms with Gasteiger partial charge in [0.05, 0.1) is 29.9 Å². The maximum Gasteiger partial charge on any atom is 0.411 e. The van der Waals surface area contributed by atoms with Crippen LogP contribution < -0.4 is 16.0 Å². The third-order valence-electron chi connectivity index (χ3n) is 7.53. The normalized spacial score (nSPS) is 19.0. The molecule has 2 bridgehead atoms. The highest BCUT2D eigenvalue weighted by Crippen LogP contribution is 2.37. The smallest absolute Gasteiger partial charge is 0.411 e. The molecule has 0 radical (unpaired) electrons. The molecule has 3 heterocycles. The molecule has 0 saturated carbocycles. The number of urea groups is 1. The number of aromatic nitrogens is 2. The first-order chi connectivity index (χ1) is 20.7. The Morgan fingerprint density at radius 1 is 1.19 bits per heavy atom.